The largest absolute Gasteiger partial charge is 0.332 e. The van der Waals surface area contributed by atoms with Gasteiger partial charge in [0.25, 0.3) is 0 Å². The SMILES string of the molecule is Cn1cc(S(=O)(=O)NCC(=O)N2CCNCC2c2cccc(F)c2)cn1. The molecule has 1 aromatic carbocycles. The number of halogens is 1. The molecule has 3 rings (SSSR count). The second kappa shape index (κ2) is 7.52. The van der Waals surface area contributed by atoms with E-state index in [0.717, 1.165) is 0 Å². The van der Waals surface area contributed by atoms with Crippen LogP contribution in [0.2, 0.25) is 0 Å². The molecule has 140 valence electrons. The maximum absolute atomic E-state index is 13.5. The molecule has 0 spiro atoms. The summed E-state index contributed by atoms with van der Waals surface area (Å²) in [6.45, 7) is 1.11. The molecule has 2 aromatic rings. The number of aromatic nitrogens is 2. The first-order valence-electron chi connectivity index (χ1n) is 8.11. The van der Waals surface area contributed by atoms with E-state index in [9.17, 15) is 17.6 Å². The van der Waals surface area contributed by atoms with Gasteiger partial charge in [0.1, 0.15) is 10.7 Å². The van der Waals surface area contributed by atoms with Gasteiger partial charge in [0.05, 0.1) is 18.8 Å². The number of hydrogen-bond donors (Lipinski definition) is 2. The molecule has 1 fully saturated rings. The number of rotatable bonds is 5. The number of sulfonamides is 1. The van der Waals surface area contributed by atoms with Gasteiger partial charge in [0, 0.05) is 32.9 Å². The molecular weight excluding hydrogens is 361 g/mol. The highest BCUT2D eigenvalue weighted by atomic mass is 32.2. The van der Waals surface area contributed by atoms with Gasteiger partial charge in [-0.3, -0.25) is 9.48 Å². The lowest BCUT2D eigenvalue weighted by Crippen LogP contribution is -2.51. The van der Waals surface area contributed by atoms with Gasteiger partial charge >= 0.3 is 0 Å². The Bertz CT molecular complexity index is 899. The van der Waals surface area contributed by atoms with E-state index in [1.165, 1.54) is 29.2 Å². The van der Waals surface area contributed by atoms with Crippen molar-refractivity contribution in [2.45, 2.75) is 10.9 Å². The molecule has 0 radical (unpaired) electrons. The first-order chi connectivity index (χ1) is 12.4. The average Bonchev–Trinajstić information content (AvgIpc) is 3.07. The second-order valence-corrected chi connectivity index (χ2v) is 7.80. The molecular formula is C16H20FN5O3S. The van der Waals surface area contributed by atoms with Crippen molar-refractivity contribution in [3.63, 3.8) is 0 Å². The number of hydrogen-bond acceptors (Lipinski definition) is 5. The van der Waals surface area contributed by atoms with Crippen LogP contribution in [0.25, 0.3) is 0 Å². The van der Waals surface area contributed by atoms with E-state index in [0.29, 0.717) is 25.2 Å². The van der Waals surface area contributed by atoms with Crippen LogP contribution in [0.3, 0.4) is 0 Å². The van der Waals surface area contributed by atoms with Crippen LogP contribution in [-0.2, 0) is 21.9 Å². The fourth-order valence-corrected chi connectivity index (χ4v) is 3.85. The topological polar surface area (TPSA) is 96.3 Å². The maximum Gasteiger partial charge on any atom is 0.244 e. The number of aryl methyl sites for hydroxylation is 1. The summed E-state index contributed by atoms with van der Waals surface area (Å²) in [4.78, 5) is 14.2. The highest BCUT2D eigenvalue weighted by Crippen LogP contribution is 2.23. The number of nitrogens with zero attached hydrogens (tertiary/aromatic N) is 3. The second-order valence-electron chi connectivity index (χ2n) is 6.04. The number of carbonyl (C=O) groups excluding carboxylic acids is 1. The summed E-state index contributed by atoms with van der Waals surface area (Å²) in [5, 5.41) is 6.99. The summed E-state index contributed by atoms with van der Waals surface area (Å²) in [7, 11) is -2.21. The predicted octanol–water partition coefficient (Wildman–Crippen LogP) is 0.0106. The minimum atomic E-state index is -3.82. The summed E-state index contributed by atoms with van der Waals surface area (Å²) in [6, 6.07) is 5.72. The van der Waals surface area contributed by atoms with Crippen LogP contribution in [-0.4, -0.2) is 55.2 Å². The average molecular weight is 381 g/mol. The molecule has 1 aliphatic heterocycles. The zero-order valence-electron chi connectivity index (χ0n) is 14.2. The Kier molecular flexibility index (Phi) is 5.35. The molecule has 1 saturated heterocycles. The van der Waals surface area contributed by atoms with Crippen molar-refractivity contribution in [3.05, 3.63) is 48.0 Å². The first kappa shape index (κ1) is 18.5. The van der Waals surface area contributed by atoms with Crippen molar-refractivity contribution in [1.82, 2.24) is 24.7 Å². The Morgan fingerprint density at radius 1 is 1.46 bits per heavy atom. The van der Waals surface area contributed by atoms with Crippen molar-refractivity contribution in [2.75, 3.05) is 26.2 Å². The third-order valence-electron chi connectivity index (χ3n) is 4.20. The molecule has 1 amide bonds. The molecule has 0 aliphatic carbocycles. The minimum absolute atomic E-state index is 0.00482. The monoisotopic (exact) mass is 381 g/mol. The summed E-state index contributed by atoms with van der Waals surface area (Å²) in [6.07, 6.45) is 2.57. The molecule has 26 heavy (non-hydrogen) atoms. The molecule has 0 bridgehead atoms. The van der Waals surface area contributed by atoms with Crippen LogP contribution in [0.15, 0.2) is 41.6 Å². The normalized spacial score (nSPS) is 18.1. The van der Waals surface area contributed by atoms with Crippen molar-refractivity contribution in [2.24, 2.45) is 7.05 Å². The van der Waals surface area contributed by atoms with Gasteiger partial charge in [-0.1, -0.05) is 12.1 Å². The third kappa shape index (κ3) is 4.09. The lowest BCUT2D eigenvalue weighted by molar-refractivity contribution is -0.133. The van der Waals surface area contributed by atoms with Gasteiger partial charge in [-0.2, -0.15) is 5.10 Å². The molecule has 1 unspecified atom stereocenters. The van der Waals surface area contributed by atoms with E-state index in [1.54, 1.807) is 24.1 Å². The standard InChI is InChI=1S/C16H20FN5O3S/c1-21-11-14(8-19-21)26(24,25)20-10-16(23)22-6-5-18-9-15(22)12-3-2-4-13(17)7-12/h2-4,7-8,11,15,18,20H,5-6,9-10H2,1H3. The van der Waals surface area contributed by atoms with Gasteiger partial charge in [0.2, 0.25) is 15.9 Å². The van der Waals surface area contributed by atoms with Crippen LogP contribution in [0.1, 0.15) is 11.6 Å². The van der Waals surface area contributed by atoms with Gasteiger partial charge in [-0.25, -0.2) is 17.5 Å². The highest BCUT2D eigenvalue weighted by molar-refractivity contribution is 7.89. The smallest absolute Gasteiger partial charge is 0.244 e. The van der Waals surface area contributed by atoms with Gasteiger partial charge in [-0.15, -0.1) is 0 Å². The van der Waals surface area contributed by atoms with Crippen molar-refractivity contribution < 1.29 is 17.6 Å². The molecule has 1 atom stereocenters. The molecule has 8 nitrogen and oxygen atoms in total. The zero-order valence-corrected chi connectivity index (χ0v) is 15.0. The van der Waals surface area contributed by atoms with Crippen LogP contribution < -0.4 is 10.0 Å². The molecule has 10 heteroatoms. The van der Waals surface area contributed by atoms with Crippen LogP contribution >= 0.6 is 0 Å². The number of piperazine rings is 1. The minimum Gasteiger partial charge on any atom is -0.332 e. The van der Waals surface area contributed by atoms with E-state index in [1.807, 2.05) is 0 Å². The fraction of sp³-hybridized carbons (Fsp3) is 0.375. The Hall–Kier alpha value is -2.30. The quantitative estimate of drug-likeness (QED) is 0.761. The molecule has 1 aromatic heterocycles. The zero-order chi connectivity index (χ0) is 18.7. The number of amides is 1. The lowest BCUT2D eigenvalue weighted by atomic mass is 10.0. The Morgan fingerprint density at radius 3 is 2.96 bits per heavy atom. The van der Waals surface area contributed by atoms with E-state index in [2.05, 4.69) is 15.1 Å². The Balaban J connectivity index is 1.71. The summed E-state index contributed by atoms with van der Waals surface area (Å²) < 4.78 is 41.7. The van der Waals surface area contributed by atoms with Crippen molar-refractivity contribution >= 4 is 15.9 Å². The third-order valence-corrected chi connectivity index (χ3v) is 5.56. The number of benzene rings is 1. The van der Waals surface area contributed by atoms with Crippen molar-refractivity contribution in [1.29, 1.82) is 0 Å². The molecule has 2 heterocycles. The lowest BCUT2D eigenvalue weighted by Gasteiger charge is -2.36. The fourth-order valence-electron chi connectivity index (χ4n) is 2.89. The maximum atomic E-state index is 13.5. The number of carbonyl (C=O) groups is 1. The van der Waals surface area contributed by atoms with Crippen LogP contribution in [0, 0.1) is 5.82 Å². The highest BCUT2D eigenvalue weighted by Gasteiger charge is 2.29. The van der Waals surface area contributed by atoms with Gasteiger partial charge in [-0.05, 0) is 17.7 Å². The van der Waals surface area contributed by atoms with Crippen LogP contribution in [0.4, 0.5) is 4.39 Å². The molecule has 2 N–H and O–H groups in total. The predicted molar refractivity (Wildman–Crippen MR) is 92.1 cm³/mol. The van der Waals surface area contributed by atoms with Crippen molar-refractivity contribution in [3.8, 4) is 0 Å². The Morgan fingerprint density at radius 2 is 2.27 bits per heavy atom. The Labute approximate surface area is 151 Å². The number of nitrogens with one attached hydrogen (secondary N) is 2. The van der Waals surface area contributed by atoms with E-state index >= 15 is 0 Å². The summed E-state index contributed by atoms with van der Waals surface area (Å²) in [5.74, 6) is -0.744. The summed E-state index contributed by atoms with van der Waals surface area (Å²) >= 11 is 0. The molecule has 1 aliphatic rings. The van der Waals surface area contributed by atoms with Gasteiger partial charge in [0.15, 0.2) is 0 Å². The van der Waals surface area contributed by atoms with E-state index < -0.39 is 10.0 Å². The first-order valence-corrected chi connectivity index (χ1v) is 9.59. The van der Waals surface area contributed by atoms with E-state index in [4.69, 9.17) is 0 Å². The van der Waals surface area contributed by atoms with Crippen LogP contribution in [0.5, 0.6) is 0 Å². The van der Waals surface area contributed by atoms with E-state index in [-0.39, 0.29) is 29.2 Å². The molecule has 0 saturated carbocycles. The summed E-state index contributed by atoms with van der Waals surface area (Å²) in [5.41, 5.74) is 0.667. The van der Waals surface area contributed by atoms with Gasteiger partial charge < -0.3 is 10.2 Å².